The van der Waals surface area contributed by atoms with Gasteiger partial charge in [-0.15, -0.1) is 0 Å². The van der Waals surface area contributed by atoms with Crippen molar-refractivity contribution in [2.75, 3.05) is 10.8 Å². The Labute approximate surface area is 236 Å². The number of aryl methyl sites for hydroxylation is 1. The highest BCUT2D eigenvalue weighted by Gasteiger charge is 2.28. The summed E-state index contributed by atoms with van der Waals surface area (Å²) in [6, 6.07) is 15.4. The number of rotatable bonds is 7. The molecule has 0 bridgehead atoms. The highest BCUT2D eigenvalue weighted by Crippen LogP contribution is 2.32. The average molecular weight is 584 g/mol. The fraction of sp³-hybridized carbons (Fsp3) is 0.250. The number of amides is 1. The van der Waals surface area contributed by atoms with Gasteiger partial charge in [0.1, 0.15) is 11.7 Å². The number of hydrogen-bond donors (Lipinski definition) is 1. The van der Waals surface area contributed by atoms with Gasteiger partial charge in [-0.3, -0.25) is 14.2 Å². The van der Waals surface area contributed by atoms with Crippen molar-refractivity contribution in [2.24, 2.45) is 7.05 Å². The molecule has 0 fully saturated rings. The van der Waals surface area contributed by atoms with Gasteiger partial charge in [-0.2, -0.15) is 4.42 Å². The summed E-state index contributed by atoms with van der Waals surface area (Å²) in [5.74, 6) is -1.38. The van der Waals surface area contributed by atoms with Gasteiger partial charge in [-0.05, 0) is 78.2 Å². The van der Waals surface area contributed by atoms with E-state index in [2.05, 4.69) is 0 Å². The number of halogens is 2. The van der Waals surface area contributed by atoms with Crippen molar-refractivity contribution in [3.05, 3.63) is 105 Å². The maximum Gasteiger partial charge on any atom is 0.264 e. The van der Waals surface area contributed by atoms with Crippen molar-refractivity contribution in [1.82, 2.24) is 18.7 Å². The molecule has 2 heterocycles. The van der Waals surface area contributed by atoms with E-state index in [0.29, 0.717) is 35.5 Å². The molecule has 12 heteroatoms. The summed E-state index contributed by atoms with van der Waals surface area (Å²) in [6.45, 7) is 4.36. The lowest BCUT2D eigenvalue weighted by atomic mass is 10.0. The fourth-order valence-electron chi connectivity index (χ4n) is 4.89. The van der Waals surface area contributed by atoms with Crippen LogP contribution in [-0.4, -0.2) is 34.2 Å². The number of sulfonamides is 1. The van der Waals surface area contributed by atoms with Gasteiger partial charge < -0.3 is 4.90 Å². The standard InChI is InChI=1S/C28H27ClFN5O4S/c1-17-11-23(18(2)35(29)16-40(38,39)32-26(36)19-7-5-4-6-8-19)25-24(12-17)27(37)33(3)28(31-25)34-14-20-9-10-22(30)13-21(20)15-34/h4-13,18H,14-16H2,1-3H3,(H,32,36)/t18-/m1/s1. The van der Waals surface area contributed by atoms with Crippen LogP contribution in [0.1, 0.15) is 45.6 Å². The predicted molar refractivity (Wildman–Crippen MR) is 152 cm³/mol. The molecule has 1 atom stereocenters. The second kappa shape index (κ2) is 10.6. The minimum absolute atomic E-state index is 0.198. The molecule has 5 rings (SSSR count). The number of aromatic nitrogens is 2. The molecule has 1 amide bonds. The third-order valence-corrected chi connectivity index (χ3v) is 8.62. The zero-order chi connectivity index (χ0) is 28.8. The van der Waals surface area contributed by atoms with Crippen LogP contribution in [0.5, 0.6) is 0 Å². The van der Waals surface area contributed by atoms with Crippen LogP contribution in [0.2, 0.25) is 0 Å². The molecule has 1 aromatic heterocycles. The lowest BCUT2D eigenvalue weighted by molar-refractivity contribution is 0.0981. The number of carbonyl (C=O) groups excluding carboxylic acids is 1. The smallest absolute Gasteiger partial charge is 0.264 e. The van der Waals surface area contributed by atoms with E-state index in [-0.39, 0.29) is 16.9 Å². The van der Waals surface area contributed by atoms with Crippen LogP contribution < -0.4 is 15.2 Å². The molecule has 9 nitrogen and oxygen atoms in total. The number of anilines is 1. The maximum absolute atomic E-state index is 13.8. The Balaban J connectivity index is 1.46. The van der Waals surface area contributed by atoms with Crippen LogP contribution in [0.25, 0.3) is 10.9 Å². The van der Waals surface area contributed by atoms with Crippen LogP contribution in [0.15, 0.2) is 65.5 Å². The molecule has 0 aliphatic carbocycles. The van der Waals surface area contributed by atoms with Gasteiger partial charge in [-0.25, -0.2) is 22.5 Å². The summed E-state index contributed by atoms with van der Waals surface area (Å²) in [5, 5.41) is 0.362. The van der Waals surface area contributed by atoms with Crippen molar-refractivity contribution in [1.29, 1.82) is 0 Å². The van der Waals surface area contributed by atoms with Crippen molar-refractivity contribution in [3.63, 3.8) is 0 Å². The van der Waals surface area contributed by atoms with Crippen LogP contribution in [0.3, 0.4) is 0 Å². The first-order valence-corrected chi connectivity index (χ1v) is 14.5. The van der Waals surface area contributed by atoms with Crippen molar-refractivity contribution in [2.45, 2.75) is 33.0 Å². The largest absolute Gasteiger partial charge is 0.333 e. The van der Waals surface area contributed by atoms with Crippen LogP contribution in [0, 0.1) is 12.7 Å². The Morgan fingerprint density at radius 2 is 1.82 bits per heavy atom. The summed E-state index contributed by atoms with van der Waals surface area (Å²) in [5.41, 5.74) is 3.40. The summed E-state index contributed by atoms with van der Waals surface area (Å²) in [4.78, 5) is 32.6. The first-order valence-electron chi connectivity index (χ1n) is 12.5. The normalized spacial score (nSPS) is 14.0. The van der Waals surface area contributed by atoms with E-state index in [1.807, 2.05) is 22.6 Å². The Morgan fingerprint density at radius 1 is 1.12 bits per heavy atom. The van der Waals surface area contributed by atoms with Crippen LogP contribution in [-0.2, 0) is 30.2 Å². The van der Waals surface area contributed by atoms with Gasteiger partial charge in [-0.1, -0.05) is 30.3 Å². The fourth-order valence-corrected chi connectivity index (χ4v) is 6.40. The highest BCUT2D eigenvalue weighted by atomic mass is 35.5. The first kappa shape index (κ1) is 27.8. The molecule has 40 heavy (non-hydrogen) atoms. The monoisotopic (exact) mass is 583 g/mol. The van der Waals surface area contributed by atoms with Gasteiger partial charge in [0.2, 0.25) is 16.0 Å². The predicted octanol–water partition coefficient (Wildman–Crippen LogP) is 4.14. The van der Waals surface area contributed by atoms with E-state index in [1.165, 1.54) is 28.8 Å². The third-order valence-electron chi connectivity index (χ3n) is 6.95. The van der Waals surface area contributed by atoms with Gasteiger partial charge in [0.25, 0.3) is 11.5 Å². The number of hydrogen-bond acceptors (Lipinski definition) is 7. The Hall–Kier alpha value is -3.80. The van der Waals surface area contributed by atoms with Crippen molar-refractivity contribution < 1.29 is 17.6 Å². The number of carbonyl (C=O) groups is 1. The molecule has 1 aliphatic heterocycles. The molecule has 0 saturated heterocycles. The SMILES string of the molecule is Cc1cc([C@@H](C)N(Cl)CS(=O)(=O)NC(=O)c2ccccc2)c2nc(N3Cc4ccc(F)cc4C3)n(C)c(=O)c2c1. The van der Waals surface area contributed by atoms with Crippen LogP contribution in [0.4, 0.5) is 10.3 Å². The molecule has 4 aromatic rings. The summed E-state index contributed by atoms with van der Waals surface area (Å²) < 4.78 is 43.9. The zero-order valence-electron chi connectivity index (χ0n) is 22.1. The van der Waals surface area contributed by atoms with Crippen LogP contribution >= 0.6 is 11.8 Å². The quantitative estimate of drug-likeness (QED) is 0.326. The van der Waals surface area contributed by atoms with Gasteiger partial charge >= 0.3 is 0 Å². The first-order chi connectivity index (χ1) is 18.9. The molecule has 0 spiro atoms. The Morgan fingerprint density at radius 3 is 2.55 bits per heavy atom. The summed E-state index contributed by atoms with van der Waals surface area (Å²) >= 11 is 6.49. The topological polar surface area (TPSA) is 105 Å². The van der Waals surface area contributed by atoms with E-state index in [4.69, 9.17) is 16.8 Å². The number of nitrogens with zero attached hydrogens (tertiary/aromatic N) is 4. The zero-order valence-corrected chi connectivity index (χ0v) is 23.6. The number of fused-ring (bicyclic) bond motifs is 2. The van der Waals surface area contributed by atoms with E-state index >= 15 is 0 Å². The maximum atomic E-state index is 13.8. The van der Waals surface area contributed by atoms with Crippen molar-refractivity contribution >= 4 is 44.6 Å². The molecule has 208 valence electrons. The molecule has 0 radical (unpaired) electrons. The van der Waals surface area contributed by atoms with Gasteiger partial charge in [0.15, 0.2) is 0 Å². The van der Waals surface area contributed by atoms with E-state index in [9.17, 15) is 22.4 Å². The number of nitrogens with one attached hydrogen (secondary N) is 1. The molecular formula is C28H27ClFN5O4S. The third kappa shape index (κ3) is 5.45. The minimum atomic E-state index is -4.15. The average Bonchev–Trinajstić information content (AvgIpc) is 3.33. The summed E-state index contributed by atoms with van der Waals surface area (Å²) in [6.07, 6.45) is 0. The van der Waals surface area contributed by atoms with E-state index in [1.54, 1.807) is 44.3 Å². The second-order valence-corrected chi connectivity index (χ2v) is 12.0. The highest BCUT2D eigenvalue weighted by molar-refractivity contribution is 7.90. The molecular weight excluding hydrogens is 557 g/mol. The van der Waals surface area contributed by atoms with E-state index in [0.717, 1.165) is 21.1 Å². The Kier molecular flexibility index (Phi) is 7.38. The lowest BCUT2D eigenvalue weighted by Crippen LogP contribution is -2.37. The molecule has 3 aromatic carbocycles. The number of benzene rings is 3. The lowest BCUT2D eigenvalue weighted by Gasteiger charge is -2.25. The minimum Gasteiger partial charge on any atom is -0.333 e. The molecule has 0 saturated carbocycles. The molecule has 1 aliphatic rings. The molecule has 0 unspecified atom stereocenters. The second-order valence-electron chi connectivity index (χ2n) is 9.91. The Bertz CT molecular complexity index is 1800. The summed E-state index contributed by atoms with van der Waals surface area (Å²) in [7, 11) is -2.51. The van der Waals surface area contributed by atoms with Gasteiger partial charge in [0, 0.05) is 25.7 Å². The van der Waals surface area contributed by atoms with Crippen molar-refractivity contribution in [3.8, 4) is 0 Å². The van der Waals surface area contributed by atoms with E-state index < -0.39 is 27.8 Å². The molecule has 1 N–H and O–H groups in total. The van der Waals surface area contributed by atoms with Gasteiger partial charge in [0.05, 0.1) is 16.9 Å².